The third-order valence-corrected chi connectivity index (χ3v) is 3.86. The van der Waals surface area contributed by atoms with Crippen molar-refractivity contribution in [2.24, 2.45) is 0 Å². The Balaban J connectivity index is 2.33. The number of hydrogen-bond donors (Lipinski definition) is 0. The molecule has 1 aromatic carbocycles. The highest BCUT2D eigenvalue weighted by atomic mass is 16.2. The number of carbonyl (C=O) groups excluding carboxylic acids is 1. The average Bonchev–Trinajstić information content (AvgIpc) is 2.78. The maximum atomic E-state index is 12.4. The van der Waals surface area contributed by atoms with Gasteiger partial charge < -0.3 is 0 Å². The van der Waals surface area contributed by atoms with Crippen LogP contribution in [0.15, 0.2) is 42.6 Å². The van der Waals surface area contributed by atoms with E-state index >= 15 is 0 Å². The van der Waals surface area contributed by atoms with Crippen LogP contribution in [-0.4, -0.2) is 15.3 Å². The molecule has 0 radical (unpaired) electrons. The highest BCUT2D eigenvalue weighted by molar-refractivity contribution is 6.00. The molecule has 0 unspecified atom stereocenters. The largest absolute Gasteiger partial charge is 0.285 e. The maximum absolute atomic E-state index is 12.4. The highest BCUT2D eigenvalue weighted by Crippen LogP contribution is 2.34. The van der Waals surface area contributed by atoms with Crippen LogP contribution < -0.4 is 4.90 Å². The van der Waals surface area contributed by atoms with E-state index in [1.54, 1.807) is 11.8 Å². The van der Waals surface area contributed by atoms with Crippen molar-refractivity contribution in [3.05, 3.63) is 59.4 Å². The summed E-state index contributed by atoms with van der Waals surface area (Å²) in [7, 11) is 0. The summed E-state index contributed by atoms with van der Waals surface area (Å²) in [6, 6.07) is 11.9. The van der Waals surface area contributed by atoms with Gasteiger partial charge in [0, 0.05) is 13.1 Å². The zero-order valence-corrected chi connectivity index (χ0v) is 13.3. The van der Waals surface area contributed by atoms with E-state index in [0.29, 0.717) is 0 Å². The first-order valence-electron chi connectivity index (χ1n) is 7.31. The number of anilines is 2. The summed E-state index contributed by atoms with van der Waals surface area (Å²) in [4.78, 5) is 18.8. The first kappa shape index (κ1) is 14.3. The summed E-state index contributed by atoms with van der Waals surface area (Å²) in [6.07, 6.45) is 1.94. The molecule has 0 atom stereocenters. The fourth-order valence-electron chi connectivity index (χ4n) is 2.94. The molecule has 3 rings (SSSR count). The van der Waals surface area contributed by atoms with Crippen molar-refractivity contribution in [1.29, 1.82) is 0 Å². The Morgan fingerprint density at radius 1 is 1.05 bits per heavy atom. The number of imidazole rings is 1. The third-order valence-electron chi connectivity index (χ3n) is 3.86. The Morgan fingerprint density at radius 2 is 1.73 bits per heavy atom. The van der Waals surface area contributed by atoms with Crippen LogP contribution in [0.2, 0.25) is 0 Å². The van der Waals surface area contributed by atoms with Crippen molar-refractivity contribution in [3.8, 4) is 0 Å². The molecule has 0 aliphatic carbocycles. The van der Waals surface area contributed by atoms with E-state index in [2.05, 4.69) is 4.98 Å². The molecular formula is C18H19N3O. The van der Waals surface area contributed by atoms with Gasteiger partial charge in [-0.15, -0.1) is 0 Å². The van der Waals surface area contributed by atoms with Gasteiger partial charge in [-0.05, 0) is 44.0 Å². The van der Waals surface area contributed by atoms with Gasteiger partial charge in [-0.25, -0.2) is 4.98 Å². The van der Waals surface area contributed by atoms with Crippen LogP contribution in [-0.2, 0) is 4.79 Å². The molecule has 112 valence electrons. The molecule has 0 fully saturated rings. The fourth-order valence-corrected chi connectivity index (χ4v) is 2.94. The normalized spacial score (nSPS) is 10.9. The summed E-state index contributed by atoms with van der Waals surface area (Å²) >= 11 is 0. The van der Waals surface area contributed by atoms with E-state index in [1.165, 1.54) is 0 Å². The average molecular weight is 293 g/mol. The van der Waals surface area contributed by atoms with E-state index in [9.17, 15) is 4.79 Å². The third kappa shape index (κ3) is 2.17. The van der Waals surface area contributed by atoms with Gasteiger partial charge in [-0.1, -0.05) is 24.3 Å². The molecule has 1 amide bonds. The van der Waals surface area contributed by atoms with Gasteiger partial charge in [0.05, 0.1) is 11.4 Å². The zero-order chi connectivity index (χ0) is 15.9. The fraction of sp³-hybridized carbons (Fsp3) is 0.222. The summed E-state index contributed by atoms with van der Waals surface area (Å²) in [6.45, 7) is 7.58. The molecule has 0 saturated heterocycles. The molecule has 0 saturated carbocycles. The van der Waals surface area contributed by atoms with Crippen LogP contribution in [0.5, 0.6) is 0 Å². The predicted molar refractivity (Wildman–Crippen MR) is 88.7 cm³/mol. The van der Waals surface area contributed by atoms with Crippen molar-refractivity contribution < 1.29 is 4.79 Å². The Labute approximate surface area is 130 Å². The molecule has 4 heteroatoms. The molecule has 0 N–H and O–H groups in total. The summed E-state index contributed by atoms with van der Waals surface area (Å²) in [5.41, 5.74) is 4.75. The zero-order valence-electron chi connectivity index (χ0n) is 13.3. The second kappa shape index (κ2) is 5.30. The smallest absolute Gasteiger partial charge is 0.229 e. The molecule has 22 heavy (non-hydrogen) atoms. The quantitative estimate of drug-likeness (QED) is 0.717. The molecule has 4 nitrogen and oxygen atoms in total. The van der Waals surface area contributed by atoms with E-state index in [4.69, 9.17) is 0 Å². The lowest BCUT2D eigenvalue weighted by Gasteiger charge is -2.25. The van der Waals surface area contributed by atoms with Gasteiger partial charge in [0.1, 0.15) is 11.5 Å². The molecule has 3 aromatic rings. The van der Waals surface area contributed by atoms with Crippen molar-refractivity contribution in [2.75, 3.05) is 4.90 Å². The SMILES string of the molecule is CC(=O)N(c1c(C)cccc1C)c1c(C)nc2ccccn12. The van der Waals surface area contributed by atoms with Crippen molar-refractivity contribution in [2.45, 2.75) is 27.7 Å². The molecule has 0 spiro atoms. The standard InChI is InChI=1S/C18H19N3O/c1-12-8-7-9-13(2)17(12)21(15(4)22)18-14(3)19-16-10-5-6-11-20(16)18/h5-11H,1-4H3. The number of fused-ring (bicyclic) bond motifs is 1. The number of nitrogens with zero attached hydrogens (tertiary/aromatic N) is 3. The monoisotopic (exact) mass is 293 g/mol. The van der Waals surface area contributed by atoms with Gasteiger partial charge in [-0.2, -0.15) is 0 Å². The number of para-hydroxylation sites is 1. The summed E-state index contributed by atoms with van der Waals surface area (Å²) in [5.74, 6) is 0.784. The second-order valence-corrected chi connectivity index (χ2v) is 5.54. The van der Waals surface area contributed by atoms with E-state index in [0.717, 1.165) is 34.0 Å². The van der Waals surface area contributed by atoms with Crippen LogP contribution in [0.1, 0.15) is 23.7 Å². The van der Waals surface area contributed by atoms with Crippen LogP contribution in [0.25, 0.3) is 5.65 Å². The molecule has 2 aromatic heterocycles. The van der Waals surface area contributed by atoms with Crippen LogP contribution >= 0.6 is 0 Å². The lowest BCUT2D eigenvalue weighted by Crippen LogP contribution is -2.26. The molecule has 0 aliphatic rings. The Bertz CT molecular complexity index is 844. The summed E-state index contributed by atoms with van der Waals surface area (Å²) in [5, 5.41) is 0. The van der Waals surface area contributed by atoms with Crippen LogP contribution in [0, 0.1) is 20.8 Å². The van der Waals surface area contributed by atoms with E-state index < -0.39 is 0 Å². The number of carbonyl (C=O) groups is 1. The van der Waals surface area contributed by atoms with Crippen molar-refractivity contribution in [1.82, 2.24) is 9.38 Å². The Morgan fingerprint density at radius 3 is 2.36 bits per heavy atom. The van der Waals surface area contributed by atoms with Gasteiger partial charge in [0.2, 0.25) is 5.91 Å². The number of benzene rings is 1. The molecule has 0 aliphatic heterocycles. The lowest BCUT2D eigenvalue weighted by atomic mass is 10.1. The van der Waals surface area contributed by atoms with Gasteiger partial charge in [0.25, 0.3) is 0 Å². The van der Waals surface area contributed by atoms with Crippen molar-refractivity contribution in [3.63, 3.8) is 0 Å². The van der Waals surface area contributed by atoms with E-state index in [-0.39, 0.29) is 5.91 Å². The first-order chi connectivity index (χ1) is 10.5. The minimum atomic E-state index is -0.0221. The number of amides is 1. The van der Waals surface area contributed by atoms with E-state index in [1.807, 2.05) is 67.8 Å². The van der Waals surface area contributed by atoms with Crippen LogP contribution in [0.4, 0.5) is 11.5 Å². The van der Waals surface area contributed by atoms with Crippen molar-refractivity contribution >= 4 is 23.1 Å². The summed E-state index contributed by atoms with van der Waals surface area (Å²) < 4.78 is 1.96. The molecule has 0 bridgehead atoms. The number of rotatable bonds is 2. The molecule has 2 heterocycles. The van der Waals surface area contributed by atoms with Gasteiger partial charge >= 0.3 is 0 Å². The number of aromatic nitrogens is 2. The number of hydrogen-bond acceptors (Lipinski definition) is 2. The lowest BCUT2D eigenvalue weighted by molar-refractivity contribution is -0.115. The van der Waals surface area contributed by atoms with Crippen LogP contribution in [0.3, 0.4) is 0 Å². The minimum absolute atomic E-state index is 0.0221. The first-order valence-corrected chi connectivity index (χ1v) is 7.31. The van der Waals surface area contributed by atoms with Gasteiger partial charge in [-0.3, -0.25) is 14.1 Å². The Kier molecular flexibility index (Phi) is 3.45. The second-order valence-electron chi connectivity index (χ2n) is 5.54. The number of aryl methyl sites for hydroxylation is 3. The van der Waals surface area contributed by atoms with Gasteiger partial charge in [0.15, 0.2) is 0 Å². The maximum Gasteiger partial charge on any atom is 0.229 e. The number of pyridine rings is 1. The topological polar surface area (TPSA) is 37.6 Å². The minimum Gasteiger partial charge on any atom is -0.285 e. The Hall–Kier alpha value is -2.62. The molecular weight excluding hydrogens is 274 g/mol. The highest BCUT2D eigenvalue weighted by Gasteiger charge is 2.23. The predicted octanol–water partition coefficient (Wildman–Crippen LogP) is 3.94.